The number of carbonyl (C=O) groups is 1. The molecule has 78 valence electrons. The lowest BCUT2D eigenvalue weighted by atomic mass is 10.2. The van der Waals surface area contributed by atoms with Gasteiger partial charge in [-0.25, -0.2) is 0 Å². The van der Waals surface area contributed by atoms with Gasteiger partial charge in [0.1, 0.15) is 6.29 Å². The normalized spacial score (nSPS) is 13.0. The molecule has 1 nitrogen and oxygen atoms in total. The molecule has 0 fully saturated rings. The second kappa shape index (κ2) is 4.88. The van der Waals surface area contributed by atoms with Gasteiger partial charge in [-0.15, -0.1) is 11.8 Å². The number of thioether (sulfide) groups is 1. The van der Waals surface area contributed by atoms with Crippen LogP contribution >= 0.6 is 11.8 Å². The monoisotopic (exact) mass is 214 g/mol. The second-order valence-electron chi connectivity index (χ2n) is 3.29. The molecule has 0 unspecified atom stereocenters. The maximum Gasteiger partial charge on any atom is 0.389 e. The zero-order valence-electron chi connectivity index (χ0n) is 7.65. The van der Waals surface area contributed by atoms with E-state index in [0.29, 0.717) is 5.75 Å². The van der Waals surface area contributed by atoms with Gasteiger partial charge in [0.05, 0.1) is 4.75 Å². The summed E-state index contributed by atoms with van der Waals surface area (Å²) in [5.41, 5.74) is 0. The van der Waals surface area contributed by atoms with Crippen molar-refractivity contribution in [1.82, 2.24) is 0 Å². The number of alkyl halides is 3. The molecule has 0 aromatic rings. The number of rotatable bonds is 5. The van der Waals surface area contributed by atoms with Crippen LogP contribution in [0.1, 0.15) is 26.7 Å². The Bertz CT molecular complexity index is 165. The predicted molar refractivity (Wildman–Crippen MR) is 47.9 cm³/mol. The molecule has 0 saturated carbocycles. The second-order valence-corrected chi connectivity index (χ2v) is 5.04. The molecular weight excluding hydrogens is 201 g/mol. The molecule has 5 heteroatoms. The Hall–Kier alpha value is -0.190. The van der Waals surface area contributed by atoms with Crippen LogP contribution in [-0.4, -0.2) is 23.0 Å². The van der Waals surface area contributed by atoms with Crippen LogP contribution in [0.25, 0.3) is 0 Å². The van der Waals surface area contributed by atoms with E-state index in [9.17, 15) is 18.0 Å². The van der Waals surface area contributed by atoms with Crippen LogP contribution < -0.4 is 0 Å². The van der Waals surface area contributed by atoms with Crippen molar-refractivity contribution in [3.8, 4) is 0 Å². The summed E-state index contributed by atoms with van der Waals surface area (Å²) in [6, 6.07) is 0. The lowest BCUT2D eigenvalue weighted by molar-refractivity contribution is -0.134. The van der Waals surface area contributed by atoms with Gasteiger partial charge < -0.3 is 4.79 Å². The fourth-order valence-corrected chi connectivity index (χ4v) is 1.52. The fraction of sp³-hybridized carbons (Fsp3) is 0.875. The van der Waals surface area contributed by atoms with Crippen molar-refractivity contribution in [2.75, 3.05) is 5.75 Å². The van der Waals surface area contributed by atoms with E-state index in [1.54, 1.807) is 13.8 Å². The maximum atomic E-state index is 11.7. The van der Waals surface area contributed by atoms with Crippen LogP contribution in [0.2, 0.25) is 0 Å². The highest BCUT2D eigenvalue weighted by Crippen LogP contribution is 2.26. The van der Waals surface area contributed by atoms with Crippen molar-refractivity contribution in [2.24, 2.45) is 0 Å². The van der Waals surface area contributed by atoms with E-state index in [4.69, 9.17) is 0 Å². The van der Waals surface area contributed by atoms with Gasteiger partial charge in [0, 0.05) is 6.42 Å². The molecule has 0 saturated heterocycles. The van der Waals surface area contributed by atoms with Gasteiger partial charge in [-0.1, -0.05) is 0 Å². The van der Waals surface area contributed by atoms with Crippen LogP contribution in [0.3, 0.4) is 0 Å². The molecule has 0 rings (SSSR count). The van der Waals surface area contributed by atoms with E-state index in [1.165, 1.54) is 11.8 Å². The van der Waals surface area contributed by atoms with Gasteiger partial charge in [0.25, 0.3) is 0 Å². The molecule has 0 bridgehead atoms. The smallest absolute Gasteiger partial charge is 0.302 e. The first-order valence-electron chi connectivity index (χ1n) is 3.94. The van der Waals surface area contributed by atoms with Gasteiger partial charge in [-0.2, -0.15) is 13.2 Å². The molecule has 0 aromatic heterocycles. The number of halogens is 3. The van der Waals surface area contributed by atoms with Crippen molar-refractivity contribution in [3.63, 3.8) is 0 Å². The first kappa shape index (κ1) is 12.8. The Labute approximate surface area is 80.1 Å². The van der Waals surface area contributed by atoms with Crippen molar-refractivity contribution in [3.05, 3.63) is 0 Å². The van der Waals surface area contributed by atoms with Gasteiger partial charge in [-0.3, -0.25) is 0 Å². The Morgan fingerprint density at radius 3 is 2.23 bits per heavy atom. The van der Waals surface area contributed by atoms with Gasteiger partial charge in [-0.05, 0) is 26.0 Å². The summed E-state index contributed by atoms with van der Waals surface area (Å²) in [5, 5.41) is 0. The van der Waals surface area contributed by atoms with Gasteiger partial charge >= 0.3 is 6.18 Å². The third-order valence-corrected chi connectivity index (χ3v) is 2.70. The minimum Gasteiger partial charge on any atom is -0.302 e. The molecule has 0 radical (unpaired) electrons. The molecule has 0 spiro atoms. The standard InChI is InChI=1S/C8H13F3OS/c1-7(2,6-12)13-5-3-4-8(9,10)11/h6H,3-5H2,1-2H3. The summed E-state index contributed by atoms with van der Waals surface area (Å²) in [7, 11) is 0. The van der Waals surface area contributed by atoms with Crippen LogP contribution in [0.5, 0.6) is 0 Å². The predicted octanol–water partition coefficient (Wildman–Crippen LogP) is 3.04. The number of carbonyl (C=O) groups excluding carboxylic acids is 1. The van der Waals surface area contributed by atoms with Gasteiger partial charge in [0.2, 0.25) is 0 Å². The van der Waals surface area contributed by atoms with Crippen molar-refractivity contribution in [2.45, 2.75) is 37.6 Å². The fourth-order valence-electron chi connectivity index (χ4n) is 0.642. The average Bonchev–Trinajstić information content (AvgIpc) is 1.97. The van der Waals surface area contributed by atoms with E-state index >= 15 is 0 Å². The Kier molecular flexibility index (Phi) is 4.81. The third kappa shape index (κ3) is 8.15. The Balaban J connectivity index is 3.52. The topological polar surface area (TPSA) is 17.1 Å². The highest BCUT2D eigenvalue weighted by Gasteiger charge is 2.26. The van der Waals surface area contributed by atoms with E-state index in [0.717, 1.165) is 6.29 Å². The average molecular weight is 214 g/mol. The molecular formula is C8H13F3OS. The molecule has 0 aromatic carbocycles. The van der Waals surface area contributed by atoms with E-state index < -0.39 is 17.3 Å². The third-order valence-electron chi connectivity index (χ3n) is 1.36. The van der Waals surface area contributed by atoms with Crippen LogP contribution in [0, 0.1) is 0 Å². The SMILES string of the molecule is CC(C)(C=O)SCCCC(F)(F)F. The summed E-state index contributed by atoms with van der Waals surface area (Å²) in [6.45, 7) is 3.39. The molecule has 13 heavy (non-hydrogen) atoms. The highest BCUT2D eigenvalue weighted by molar-refractivity contribution is 8.01. The van der Waals surface area contributed by atoms with Crippen LogP contribution in [0.4, 0.5) is 13.2 Å². The van der Waals surface area contributed by atoms with Crippen LogP contribution in [-0.2, 0) is 4.79 Å². The largest absolute Gasteiger partial charge is 0.389 e. The minimum atomic E-state index is -4.08. The Morgan fingerprint density at radius 2 is 1.85 bits per heavy atom. The van der Waals surface area contributed by atoms with E-state index in [-0.39, 0.29) is 6.42 Å². The zero-order chi connectivity index (χ0) is 10.5. The van der Waals surface area contributed by atoms with Crippen molar-refractivity contribution in [1.29, 1.82) is 0 Å². The molecule has 0 amide bonds. The minimum absolute atomic E-state index is 0.0748. The van der Waals surface area contributed by atoms with Crippen LogP contribution in [0.15, 0.2) is 0 Å². The summed E-state index contributed by atoms with van der Waals surface area (Å²) in [5.74, 6) is 0.366. The molecule has 0 aliphatic rings. The number of hydrogen-bond donors (Lipinski definition) is 0. The summed E-state index contributed by atoms with van der Waals surface area (Å²) < 4.78 is 34.5. The first-order chi connectivity index (χ1) is 5.77. The molecule has 0 heterocycles. The molecule has 0 aliphatic carbocycles. The maximum absolute atomic E-state index is 11.7. The first-order valence-corrected chi connectivity index (χ1v) is 4.92. The summed E-state index contributed by atoms with van der Waals surface area (Å²) in [4.78, 5) is 10.4. The summed E-state index contributed by atoms with van der Waals surface area (Å²) >= 11 is 1.25. The van der Waals surface area contributed by atoms with Gasteiger partial charge in [0.15, 0.2) is 0 Å². The van der Waals surface area contributed by atoms with E-state index in [1.807, 2.05) is 0 Å². The number of aldehydes is 1. The lowest BCUT2D eigenvalue weighted by Gasteiger charge is -2.15. The quantitative estimate of drug-likeness (QED) is 0.517. The van der Waals surface area contributed by atoms with Crippen molar-refractivity contribution < 1.29 is 18.0 Å². The molecule has 0 N–H and O–H groups in total. The summed E-state index contributed by atoms with van der Waals surface area (Å²) in [6.07, 6.45) is -4.02. The molecule has 0 aliphatic heterocycles. The Morgan fingerprint density at radius 1 is 1.31 bits per heavy atom. The van der Waals surface area contributed by atoms with E-state index in [2.05, 4.69) is 0 Å². The van der Waals surface area contributed by atoms with Crippen molar-refractivity contribution >= 4 is 18.0 Å². The molecule has 0 atom stereocenters. The lowest BCUT2D eigenvalue weighted by Crippen LogP contribution is -2.17. The number of hydrogen-bond acceptors (Lipinski definition) is 2. The zero-order valence-corrected chi connectivity index (χ0v) is 8.47. The highest BCUT2D eigenvalue weighted by atomic mass is 32.2.